The smallest absolute Gasteiger partial charge is 0.123 e. The van der Waals surface area contributed by atoms with E-state index >= 15 is 0 Å². The fraction of sp³-hybridized carbons (Fsp3) is 0.417. The second kappa shape index (κ2) is 5.47. The van der Waals surface area contributed by atoms with Crippen molar-refractivity contribution in [2.75, 3.05) is 0 Å². The van der Waals surface area contributed by atoms with Gasteiger partial charge in [-0.2, -0.15) is 5.26 Å². The Balaban J connectivity index is 2.65. The van der Waals surface area contributed by atoms with Crippen molar-refractivity contribution >= 4 is 0 Å². The van der Waals surface area contributed by atoms with Gasteiger partial charge in [-0.3, -0.25) is 5.32 Å². The van der Waals surface area contributed by atoms with E-state index in [0.717, 1.165) is 12.0 Å². The van der Waals surface area contributed by atoms with Crippen molar-refractivity contribution in [3.05, 3.63) is 35.6 Å². The maximum Gasteiger partial charge on any atom is 0.123 e. The Morgan fingerprint density at radius 2 is 2.00 bits per heavy atom. The molecule has 0 amide bonds. The molecule has 15 heavy (non-hydrogen) atoms. The second-order valence-corrected chi connectivity index (χ2v) is 3.53. The first-order valence-electron chi connectivity index (χ1n) is 5.08. The first-order valence-corrected chi connectivity index (χ1v) is 5.08. The minimum Gasteiger partial charge on any atom is -0.295 e. The maximum absolute atomic E-state index is 12.7. The number of rotatable bonds is 4. The van der Waals surface area contributed by atoms with Crippen molar-refractivity contribution in [1.29, 1.82) is 5.26 Å². The van der Waals surface area contributed by atoms with Gasteiger partial charge in [0.25, 0.3) is 0 Å². The fourth-order valence-electron chi connectivity index (χ4n) is 1.40. The summed E-state index contributed by atoms with van der Waals surface area (Å²) in [7, 11) is 0. The van der Waals surface area contributed by atoms with E-state index in [9.17, 15) is 4.39 Å². The zero-order chi connectivity index (χ0) is 11.3. The number of halogens is 1. The van der Waals surface area contributed by atoms with Crippen LogP contribution >= 0.6 is 0 Å². The maximum atomic E-state index is 12.7. The highest BCUT2D eigenvalue weighted by Gasteiger charge is 2.10. The van der Waals surface area contributed by atoms with E-state index in [1.807, 2.05) is 13.8 Å². The Kier molecular flexibility index (Phi) is 4.26. The molecule has 80 valence electrons. The zero-order valence-electron chi connectivity index (χ0n) is 9.00. The van der Waals surface area contributed by atoms with Gasteiger partial charge in [0.2, 0.25) is 0 Å². The summed E-state index contributed by atoms with van der Waals surface area (Å²) in [4.78, 5) is 0. The van der Waals surface area contributed by atoms with Crippen LogP contribution in [0.4, 0.5) is 4.39 Å². The lowest BCUT2D eigenvalue weighted by Gasteiger charge is -2.17. The molecular formula is C12H15FN2. The summed E-state index contributed by atoms with van der Waals surface area (Å²) >= 11 is 0. The molecule has 0 heterocycles. The Morgan fingerprint density at radius 3 is 2.47 bits per heavy atom. The molecule has 1 N–H and O–H groups in total. The number of hydrogen-bond acceptors (Lipinski definition) is 2. The summed E-state index contributed by atoms with van der Waals surface area (Å²) < 4.78 is 12.7. The van der Waals surface area contributed by atoms with Gasteiger partial charge in [0.05, 0.1) is 12.1 Å². The third-order valence-corrected chi connectivity index (χ3v) is 2.39. The Morgan fingerprint density at radius 1 is 1.40 bits per heavy atom. The van der Waals surface area contributed by atoms with Crippen LogP contribution in [0, 0.1) is 17.1 Å². The number of nitrogens with one attached hydrogen (secondary N) is 1. The van der Waals surface area contributed by atoms with Gasteiger partial charge in [0.1, 0.15) is 5.82 Å². The van der Waals surface area contributed by atoms with Gasteiger partial charge in [0, 0.05) is 6.04 Å². The molecule has 0 radical (unpaired) electrons. The van der Waals surface area contributed by atoms with Crippen molar-refractivity contribution in [3.8, 4) is 6.07 Å². The predicted octanol–water partition coefficient (Wildman–Crippen LogP) is 2.78. The van der Waals surface area contributed by atoms with Crippen molar-refractivity contribution in [3.63, 3.8) is 0 Å². The van der Waals surface area contributed by atoms with Crippen LogP contribution < -0.4 is 5.32 Å². The average molecular weight is 206 g/mol. The zero-order valence-corrected chi connectivity index (χ0v) is 9.00. The Hall–Kier alpha value is -1.40. The number of benzene rings is 1. The summed E-state index contributed by atoms with van der Waals surface area (Å²) in [5.41, 5.74) is 0.991. The van der Waals surface area contributed by atoms with Crippen LogP contribution in [-0.2, 0) is 0 Å². The van der Waals surface area contributed by atoms with Gasteiger partial charge in [-0.15, -0.1) is 0 Å². The summed E-state index contributed by atoms with van der Waals surface area (Å²) in [5.74, 6) is -0.238. The summed E-state index contributed by atoms with van der Waals surface area (Å²) in [6.45, 7) is 3.92. The van der Waals surface area contributed by atoms with E-state index < -0.39 is 0 Å². The summed E-state index contributed by atoms with van der Waals surface area (Å²) in [6, 6.07) is 8.42. The minimum absolute atomic E-state index is 0.0650. The number of nitrogens with zero attached hydrogens (tertiary/aromatic N) is 1. The van der Waals surface area contributed by atoms with Gasteiger partial charge in [0.15, 0.2) is 0 Å². The highest BCUT2D eigenvalue weighted by Crippen LogP contribution is 2.13. The first kappa shape index (κ1) is 11.7. The molecule has 0 saturated heterocycles. The largest absolute Gasteiger partial charge is 0.295 e. The third-order valence-electron chi connectivity index (χ3n) is 2.39. The van der Waals surface area contributed by atoms with Gasteiger partial charge in [-0.25, -0.2) is 4.39 Å². The minimum atomic E-state index is -0.238. The molecule has 1 rings (SSSR count). The van der Waals surface area contributed by atoms with Crippen LogP contribution in [0.1, 0.15) is 31.9 Å². The van der Waals surface area contributed by atoms with Crippen molar-refractivity contribution in [2.45, 2.75) is 32.4 Å². The van der Waals surface area contributed by atoms with Gasteiger partial charge in [-0.05, 0) is 31.0 Å². The highest BCUT2D eigenvalue weighted by molar-refractivity contribution is 5.19. The number of hydrogen-bond donors (Lipinski definition) is 1. The monoisotopic (exact) mass is 206 g/mol. The molecule has 0 fully saturated rings. The SMILES string of the molecule is CCC(C#N)N[C@@H](C)c1ccc(F)cc1. The molecule has 0 aliphatic heterocycles. The molecule has 2 nitrogen and oxygen atoms in total. The molecule has 1 aromatic rings. The van der Waals surface area contributed by atoms with E-state index in [2.05, 4.69) is 11.4 Å². The highest BCUT2D eigenvalue weighted by atomic mass is 19.1. The van der Waals surface area contributed by atoms with Crippen LogP contribution in [0.3, 0.4) is 0 Å². The van der Waals surface area contributed by atoms with Crippen molar-refractivity contribution in [2.24, 2.45) is 0 Å². The lowest BCUT2D eigenvalue weighted by atomic mass is 10.1. The quantitative estimate of drug-likeness (QED) is 0.822. The van der Waals surface area contributed by atoms with E-state index in [1.165, 1.54) is 12.1 Å². The standard InChI is InChI=1S/C12H15FN2/c1-3-12(8-14)15-9(2)10-4-6-11(13)7-5-10/h4-7,9,12,15H,3H2,1-2H3/t9-,12?/m0/s1. The van der Waals surface area contributed by atoms with Crippen LogP contribution in [0.25, 0.3) is 0 Å². The average Bonchev–Trinajstić information content (AvgIpc) is 2.26. The topological polar surface area (TPSA) is 35.8 Å². The molecule has 0 spiro atoms. The van der Waals surface area contributed by atoms with Crippen LogP contribution in [-0.4, -0.2) is 6.04 Å². The van der Waals surface area contributed by atoms with Gasteiger partial charge in [-0.1, -0.05) is 19.1 Å². The molecule has 0 aliphatic carbocycles. The van der Waals surface area contributed by atoms with Gasteiger partial charge >= 0.3 is 0 Å². The van der Waals surface area contributed by atoms with E-state index in [1.54, 1.807) is 12.1 Å². The fourth-order valence-corrected chi connectivity index (χ4v) is 1.40. The van der Waals surface area contributed by atoms with E-state index in [4.69, 9.17) is 5.26 Å². The van der Waals surface area contributed by atoms with E-state index in [0.29, 0.717) is 0 Å². The van der Waals surface area contributed by atoms with Gasteiger partial charge < -0.3 is 0 Å². The molecule has 2 atom stereocenters. The van der Waals surface area contributed by atoms with Crippen LogP contribution in [0.2, 0.25) is 0 Å². The Bertz CT molecular complexity index is 340. The van der Waals surface area contributed by atoms with Crippen LogP contribution in [0.5, 0.6) is 0 Å². The Labute approximate surface area is 89.7 Å². The lowest BCUT2D eigenvalue weighted by molar-refractivity contribution is 0.507. The van der Waals surface area contributed by atoms with Crippen molar-refractivity contribution in [1.82, 2.24) is 5.32 Å². The van der Waals surface area contributed by atoms with Crippen molar-refractivity contribution < 1.29 is 4.39 Å². The molecule has 0 saturated carbocycles. The lowest BCUT2D eigenvalue weighted by Crippen LogP contribution is -2.29. The molecule has 0 aliphatic rings. The molecule has 0 bridgehead atoms. The molecule has 1 aromatic carbocycles. The van der Waals surface area contributed by atoms with E-state index in [-0.39, 0.29) is 17.9 Å². The predicted molar refractivity (Wildman–Crippen MR) is 57.6 cm³/mol. The normalized spacial score (nSPS) is 14.3. The number of nitriles is 1. The molecule has 3 heteroatoms. The molecule has 1 unspecified atom stereocenters. The summed E-state index contributed by atoms with van der Waals surface area (Å²) in [6.07, 6.45) is 0.766. The second-order valence-electron chi connectivity index (χ2n) is 3.53. The first-order chi connectivity index (χ1) is 7.17. The molecule has 0 aromatic heterocycles. The molecular weight excluding hydrogens is 191 g/mol. The van der Waals surface area contributed by atoms with Crippen LogP contribution in [0.15, 0.2) is 24.3 Å². The third kappa shape index (κ3) is 3.34. The summed E-state index contributed by atoms with van der Waals surface area (Å²) in [5, 5.41) is 12.0.